The molecule has 0 aliphatic heterocycles. The predicted molar refractivity (Wildman–Crippen MR) is 100 cm³/mol. The number of benzene rings is 2. The maximum Gasteiger partial charge on any atom is 0.338 e. The molecule has 0 amide bonds. The summed E-state index contributed by atoms with van der Waals surface area (Å²) in [7, 11) is -2.70. The second-order valence-corrected chi connectivity index (χ2v) is 7.51. The van der Waals surface area contributed by atoms with Gasteiger partial charge in [0.05, 0.1) is 35.4 Å². The van der Waals surface area contributed by atoms with Gasteiger partial charge in [-0.05, 0) is 62.2 Å². The number of hydrogen-bond acceptors (Lipinski definition) is 6. The second kappa shape index (κ2) is 8.22. The van der Waals surface area contributed by atoms with Crippen LogP contribution in [-0.4, -0.2) is 34.1 Å². The Hall–Kier alpha value is -2.87. The first-order chi connectivity index (χ1) is 12.7. The zero-order valence-electron chi connectivity index (χ0n) is 15.5. The van der Waals surface area contributed by atoms with E-state index in [2.05, 4.69) is 9.46 Å². The first-order valence-corrected chi connectivity index (χ1v) is 9.67. The van der Waals surface area contributed by atoms with E-state index in [4.69, 9.17) is 4.74 Å². The van der Waals surface area contributed by atoms with Crippen LogP contribution in [0, 0.1) is 13.8 Å². The predicted octanol–water partition coefficient (Wildman–Crippen LogP) is 3.07. The second-order valence-electron chi connectivity index (χ2n) is 5.82. The van der Waals surface area contributed by atoms with Crippen molar-refractivity contribution in [3.63, 3.8) is 0 Å². The maximum atomic E-state index is 12.7. The summed E-state index contributed by atoms with van der Waals surface area (Å²) in [6.07, 6.45) is 0. The standard InChI is InChI=1S/C19H21NO6S/c1-5-26-18(21)14-7-9-17(13(3)10-14)20-27(23,24)15-8-6-12(2)16(11-15)19(22)25-4/h6-11,20H,5H2,1-4H3. The lowest BCUT2D eigenvalue weighted by molar-refractivity contribution is 0.0525. The minimum atomic E-state index is -3.93. The Labute approximate surface area is 158 Å². The number of ether oxygens (including phenoxy) is 2. The summed E-state index contributed by atoms with van der Waals surface area (Å²) in [5.41, 5.74) is 2.00. The lowest BCUT2D eigenvalue weighted by atomic mass is 10.1. The molecule has 0 fully saturated rings. The van der Waals surface area contributed by atoms with Crippen LogP contribution in [0.2, 0.25) is 0 Å². The number of carbonyl (C=O) groups is 2. The SMILES string of the molecule is CCOC(=O)c1ccc(NS(=O)(=O)c2ccc(C)c(C(=O)OC)c2)c(C)c1. The van der Waals surface area contributed by atoms with Gasteiger partial charge < -0.3 is 9.47 Å². The molecule has 0 saturated heterocycles. The number of rotatable bonds is 6. The fraction of sp³-hybridized carbons (Fsp3) is 0.263. The van der Waals surface area contributed by atoms with Crippen LogP contribution in [0.4, 0.5) is 5.69 Å². The zero-order chi connectivity index (χ0) is 20.2. The number of sulfonamides is 1. The zero-order valence-corrected chi connectivity index (χ0v) is 16.3. The minimum Gasteiger partial charge on any atom is -0.465 e. The number of carbonyl (C=O) groups excluding carboxylic acids is 2. The summed E-state index contributed by atoms with van der Waals surface area (Å²) in [5.74, 6) is -1.09. The van der Waals surface area contributed by atoms with Crippen molar-refractivity contribution in [2.24, 2.45) is 0 Å². The third-order valence-corrected chi connectivity index (χ3v) is 5.27. The monoisotopic (exact) mass is 391 g/mol. The molecule has 2 aromatic carbocycles. The first-order valence-electron chi connectivity index (χ1n) is 8.19. The number of methoxy groups -OCH3 is 1. The Morgan fingerprint density at radius 3 is 2.30 bits per heavy atom. The highest BCUT2D eigenvalue weighted by Crippen LogP contribution is 2.23. The smallest absolute Gasteiger partial charge is 0.338 e. The van der Waals surface area contributed by atoms with Crippen molar-refractivity contribution in [2.45, 2.75) is 25.7 Å². The summed E-state index contributed by atoms with van der Waals surface area (Å²) in [6.45, 7) is 5.32. The van der Waals surface area contributed by atoms with Crippen molar-refractivity contribution in [3.05, 3.63) is 58.7 Å². The van der Waals surface area contributed by atoms with Gasteiger partial charge in [-0.2, -0.15) is 0 Å². The van der Waals surface area contributed by atoms with Crippen molar-refractivity contribution in [1.82, 2.24) is 0 Å². The highest BCUT2D eigenvalue weighted by molar-refractivity contribution is 7.92. The van der Waals surface area contributed by atoms with Gasteiger partial charge in [0.2, 0.25) is 0 Å². The van der Waals surface area contributed by atoms with Crippen molar-refractivity contribution < 1.29 is 27.5 Å². The van der Waals surface area contributed by atoms with Gasteiger partial charge in [0, 0.05) is 0 Å². The van der Waals surface area contributed by atoms with E-state index < -0.39 is 22.0 Å². The van der Waals surface area contributed by atoms with Crippen molar-refractivity contribution in [1.29, 1.82) is 0 Å². The third kappa shape index (κ3) is 4.65. The minimum absolute atomic E-state index is 0.0673. The molecule has 8 heteroatoms. The van der Waals surface area contributed by atoms with Gasteiger partial charge >= 0.3 is 11.9 Å². The Morgan fingerprint density at radius 1 is 1.00 bits per heavy atom. The lowest BCUT2D eigenvalue weighted by Crippen LogP contribution is -2.15. The maximum absolute atomic E-state index is 12.7. The molecule has 2 rings (SSSR count). The van der Waals surface area contributed by atoms with E-state index in [0.717, 1.165) is 0 Å². The van der Waals surface area contributed by atoms with Gasteiger partial charge in [0.25, 0.3) is 10.0 Å². The molecule has 2 aromatic rings. The van der Waals surface area contributed by atoms with Crippen molar-refractivity contribution in [2.75, 3.05) is 18.4 Å². The average Bonchev–Trinajstić information content (AvgIpc) is 2.63. The number of anilines is 1. The van der Waals surface area contributed by atoms with Crippen LogP contribution >= 0.6 is 0 Å². The molecule has 0 aromatic heterocycles. The van der Waals surface area contributed by atoms with E-state index >= 15 is 0 Å². The Balaban J connectivity index is 2.34. The van der Waals surface area contributed by atoms with Gasteiger partial charge in [0.15, 0.2) is 0 Å². The summed E-state index contributed by atoms with van der Waals surface area (Å²) >= 11 is 0. The normalized spacial score (nSPS) is 11.0. The molecule has 7 nitrogen and oxygen atoms in total. The van der Waals surface area contributed by atoms with Gasteiger partial charge in [-0.3, -0.25) is 4.72 Å². The van der Waals surface area contributed by atoms with Gasteiger partial charge in [-0.15, -0.1) is 0 Å². The summed E-state index contributed by atoms with van der Waals surface area (Å²) in [5, 5.41) is 0. The molecule has 0 heterocycles. The van der Waals surface area contributed by atoms with E-state index in [1.807, 2.05) is 0 Å². The van der Waals surface area contributed by atoms with Gasteiger partial charge in [-0.25, -0.2) is 18.0 Å². The largest absolute Gasteiger partial charge is 0.465 e. The molecule has 144 valence electrons. The molecule has 0 unspecified atom stereocenters. The van der Waals surface area contributed by atoms with Crippen LogP contribution in [0.15, 0.2) is 41.3 Å². The van der Waals surface area contributed by atoms with Crippen LogP contribution in [0.3, 0.4) is 0 Å². The van der Waals surface area contributed by atoms with E-state index in [1.54, 1.807) is 26.8 Å². The van der Waals surface area contributed by atoms with Crippen LogP contribution in [-0.2, 0) is 19.5 Å². The van der Waals surface area contributed by atoms with Crippen LogP contribution < -0.4 is 4.72 Å². The summed E-state index contributed by atoms with van der Waals surface area (Å²) in [4.78, 5) is 23.5. The highest BCUT2D eigenvalue weighted by Gasteiger charge is 2.20. The topological polar surface area (TPSA) is 98.8 Å². The fourth-order valence-corrected chi connectivity index (χ4v) is 3.58. The molecule has 0 spiro atoms. The van der Waals surface area contributed by atoms with Gasteiger partial charge in [0.1, 0.15) is 0 Å². The molecule has 27 heavy (non-hydrogen) atoms. The van der Waals surface area contributed by atoms with Crippen LogP contribution in [0.5, 0.6) is 0 Å². The molecule has 0 radical (unpaired) electrons. The molecule has 0 aliphatic rings. The lowest BCUT2D eigenvalue weighted by Gasteiger charge is -2.13. The Bertz CT molecular complexity index is 982. The van der Waals surface area contributed by atoms with Crippen molar-refractivity contribution >= 4 is 27.6 Å². The van der Waals surface area contributed by atoms with E-state index in [1.165, 1.54) is 37.4 Å². The molecular formula is C19H21NO6S. The number of esters is 2. The summed E-state index contributed by atoms with van der Waals surface area (Å²) in [6, 6.07) is 8.74. The molecule has 0 aliphatic carbocycles. The summed E-state index contributed by atoms with van der Waals surface area (Å²) < 4.78 is 37.5. The van der Waals surface area contributed by atoms with Gasteiger partial charge in [-0.1, -0.05) is 6.07 Å². The number of nitrogens with one attached hydrogen (secondary N) is 1. The molecule has 0 saturated carbocycles. The first kappa shape index (κ1) is 20.4. The highest BCUT2D eigenvalue weighted by atomic mass is 32.2. The van der Waals surface area contributed by atoms with E-state index in [-0.39, 0.29) is 17.1 Å². The van der Waals surface area contributed by atoms with Crippen molar-refractivity contribution in [3.8, 4) is 0 Å². The van der Waals surface area contributed by atoms with E-state index in [0.29, 0.717) is 22.4 Å². The Kier molecular flexibility index (Phi) is 6.22. The van der Waals surface area contributed by atoms with Crippen LogP contribution in [0.25, 0.3) is 0 Å². The number of hydrogen-bond donors (Lipinski definition) is 1. The third-order valence-electron chi connectivity index (χ3n) is 3.91. The van der Waals surface area contributed by atoms with E-state index in [9.17, 15) is 18.0 Å². The Morgan fingerprint density at radius 2 is 1.70 bits per heavy atom. The molecule has 1 N–H and O–H groups in total. The molecule has 0 atom stereocenters. The number of aryl methyl sites for hydroxylation is 2. The fourth-order valence-electron chi connectivity index (χ4n) is 2.42. The molecule has 0 bridgehead atoms. The average molecular weight is 391 g/mol. The van der Waals surface area contributed by atoms with Crippen LogP contribution in [0.1, 0.15) is 38.8 Å². The molecular weight excluding hydrogens is 370 g/mol. The quantitative estimate of drug-likeness (QED) is 0.760.